The lowest BCUT2D eigenvalue weighted by Crippen LogP contribution is -2.47. The Balaban J connectivity index is 0.000000154. The largest absolute Gasteiger partial charge is 0.394 e. The van der Waals surface area contributed by atoms with E-state index < -0.39 is 71.5 Å². The zero-order valence-electron chi connectivity index (χ0n) is 76.7. The number of halogens is 5. The molecule has 16 rings (SSSR count). The van der Waals surface area contributed by atoms with Crippen LogP contribution in [0.5, 0.6) is 0 Å². The number of nitrogens with one attached hydrogen (secondary N) is 5. The summed E-state index contributed by atoms with van der Waals surface area (Å²) in [4.78, 5) is 98.8. The zero-order valence-corrected chi connectivity index (χ0v) is 76.7. The molecular formula is C100H112F5N21O11. The number of aliphatic hydroxyl groups is 1. The second-order valence-corrected chi connectivity index (χ2v) is 34.5. The van der Waals surface area contributed by atoms with E-state index in [9.17, 15) is 65.4 Å². The summed E-state index contributed by atoms with van der Waals surface area (Å²) in [7, 11) is 0. The molecule has 32 nitrogen and oxygen atoms in total. The molecule has 4 unspecified atom stereocenters. The van der Waals surface area contributed by atoms with E-state index in [2.05, 4.69) is 47.0 Å². The SMILES string of the molecule is Cc1ccc(F)cc1C(=O)NCc1ccc(-c2nn(C(C)C3CCOCC3)c(N)c2C(N)=O)cc1.Cc1ccc(F)cc1C(=O)NCc1ccc(-c2nn(C3CCCOC3)c(N)c2C(N)=O)cc1.Cc1ccc(F)cc1C(=O)NCc1ccc(-c2nn(C3CCNCC3(F)F)c(N)c2C(N)=O)cc1.Cc1ccccc1C(=O)NC(CO)c1ccc(-c2nn(C3CCCC3)c(N)c2C(N)=O)cc1C. The van der Waals surface area contributed by atoms with Gasteiger partial charge in [0.25, 0.3) is 53.2 Å². The van der Waals surface area contributed by atoms with Gasteiger partial charge in [0, 0.05) is 84.0 Å². The number of nitrogens with zero attached hydrogens (tertiary/aromatic N) is 8. The molecule has 3 saturated heterocycles. The molecule has 718 valence electrons. The first kappa shape index (κ1) is 99.5. The molecule has 1 aliphatic carbocycles. The molecule has 4 aliphatic rings. The lowest BCUT2D eigenvalue weighted by Gasteiger charge is -2.32. The summed E-state index contributed by atoms with van der Waals surface area (Å²) in [6.45, 7) is 13.9. The van der Waals surface area contributed by atoms with Crippen molar-refractivity contribution in [2.75, 3.05) is 69.1 Å². The summed E-state index contributed by atoms with van der Waals surface area (Å²) in [6.07, 6.45) is 7.79. The van der Waals surface area contributed by atoms with Gasteiger partial charge in [-0.1, -0.05) is 134 Å². The van der Waals surface area contributed by atoms with Gasteiger partial charge in [-0.3, -0.25) is 38.4 Å². The summed E-state index contributed by atoms with van der Waals surface area (Å²) < 4.78 is 86.5. The number of benzene rings is 8. The van der Waals surface area contributed by atoms with Crippen molar-refractivity contribution in [3.63, 3.8) is 0 Å². The molecule has 1 saturated carbocycles. The van der Waals surface area contributed by atoms with E-state index in [1.54, 1.807) is 89.4 Å². The van der Waals surface area contributed by atoms with Gasteiger partial charge in [-0.05, 0) is 198 Å². The van der Waals surface area contributed by atoms with Gasteiger partial charge in [0.2, 0.25) is 0 Å². The number of aryl methyl sites for hydroxylation is 5. The topological polar surface area (TPSA) is 515 Å². The summed E-state index contributed by atoms with van der Waals surface area (Å²) in [5.41, 5.74) is 60.1. The van der Waals surface area contributed by atoms with Gasteiger partial charge in [-0.2, -0.15) is 20.4 Å². The number of aliphatic hydroxyl groups excluding tert-OH is 1. The molecule has 37 heteroatoms. The van der Waals surface area contributed by atoms with Crippen LogP contribution in [0.2, 0.25) is 0 Å². The number of nitrogen functional groups attached to an aromatic ring is 4. The predicted molar refractivity (Wildman–Crippen MR) is 509 cm³/mol. The van der Waals surface area contributed by atoms with Gasteiger partial charge in [-0.15, -0.1) is 0 Å². The lowest BCUT2D eigenvalue weighted by molar-refractivity contribution is -0.0689. The van der Waals surface area contributed by atoms with Crippen molar-refractivity contribution in [1.82, 2.24) is 65.7 Å². The summed E-state index contributed by atoms with van der Waals surface area (Å²) >= 11 is 0. The van der Waals surface area contributed by atoms with Crippen molar-refractivity contribution in [3.8, 4) is 45.0 Å². The molecule has 3 aliphatic heterocycles. The Kier molecular flexibility index (Phi) is 32.0. The fourth-order valence-corrected chi connectivity index (χ4v) is 17.5. The van der Waals surface area contributed by atoms with Crippen molar-refractivity contribution in [2.45, 2.75) is 155 Å². The van der Waals surface area contributed by atoms with Crippen LogP contribution in [0.25, 0.3) is 45.0 Å². The Labute approximate surface area is 787 Å². The number of hydrogen-bond donors (Lipinski definition) is 14. The van der Waals surface area contributed by atoms with Crippen LogP contribution >= 0.6 is 0 Å². The number of nitrogens with two attached hydrogens (primary N) is 8. The molecule has 22 N–H and O–H groups in total. The van der Waals surface area contributed by atoms with Crippen molar-refractivity contribution in [3.05, 3.63) is 282 Å². The van der Waals surface area contributed by atoms with Crippen LogP contribution in [0.4, 0.5) is 45.2 Å². The molecule has 4 fully saturated rings. The summed E-state index contributed by atoms with van der Waals surface area (Å²) in [5, 5.41) is 42.1. The molecule has 8 amide bonds. The number of ether oxygens (including phenoxy) is 2. The first-order valence-corrected chi connectivity index (χ1v) is 44.9. The van der Waals surface area contributed by atoms with Crippen LogP contribution < -0.4 is 72.5 Å². The maximum absolute atomic E-state index is 14.5. The van der Waals surface area contributed by atoms with E-state index in [0.717, 1.165) is 83.9 Å². The number of hydrogen-bond acceptors (Lipinski definition) is 20. The monoisotopic (exact) mass is 1880 g/mol. The van der Waals surface area contributed by atoms with E-state index in [-0.39, 0.29) is 119 Å². The Hall–Kier alpha value is -15.0. The smallest absolute Gasteiger partial charge is 0.282 e. The summed E-state index contributed by atoms with van der Waals surface area (Å²) in [6, 6.07) is 44.4. The van der Waals surface area contributed by atoms with E-state index in [1.165, 1.54) is 42.5 Å². The Morgan fingerprint density at radius 2 is 0.847 bits per heavy atom. The van der Waals surface area contributed by atoms with Crippen molar-refractivity contribution >= 4 is 70.5 Å². The number of amides is 8. The van der Waals surface area contributed by atoms with Crippen LogP contribution in [0, 0.1) is 58.0 Å². The van der Waals surface area contributed by atoms with Gasteiger partial charge < -0.3 is 87.0 Å². The Morgan fingerprint density at radius 3 is 1.27 bits per heavy atom. The standard InChI is InChI=1S/C26H30FN5O3.C26H31N5O3.C24H25F3N6O2.C24H26FN5O3/c1-15-3-8-20(27)13-21(15)26(34)30-14-17-4-6-19(7-5-17)23-22(25(29)33)24(28)32(31-23)16(2)18-9-11-35-12-10-18;1-15-7-3-6-10-20(15)26(34)29-21(14-32)19-12-11-17(13-16(19)2)23-22(25(28)33)24(27)31(30-23)18-8-4-5-9-18;1-13-2-7-16(25)10-17(13)23(35)31-11-14-3-5-15(6-4-14)20-19(22(29)34)21(28)33(32-20)18-8-9-30-12-24(18,26)27;1-14-4-9-17(25)11-19(14)24(32)28-12-15-5-7-16(8-6-15)21-20(23(27)31)22(26)30(29-21)18-3-2-10-33-13-18/h3-8,13,16,18H,9-12,14,28H2,1-2H3,(H2,29,33)(H,30,34);3,6-7,10-13,18,21,32H,4-5,8-9,14,27H2,1-2H3,(H2,28,33)(H,29,34);2-7,10,18,30H,8-9,11-12,28H2,1H3,(H2,29,34)(H,31,35);4-9,11,18H,2-3,10,12-13,26H2,1H3,(H2,27,31)(H,28,32). The number of rotatable bonds is 26. The van der Waals surface area contributed by atoms with Gasteiger partial charge in [0.1, 0.15) is 91.8 Å². The van der Waals surface area contributed by atoms with Crippen LogP contribution in [-0.4, -0.2) is 144 Å². The van der Waals surface area contributed by atoms with Crippen LogP contribution in [0.3, 0.4) is 0 Å². The Morgan fingerprint density at radius 1 is 0.445 bits per heavy atom. The number of piperidine rings is 1. The fourth-order valence-electron chi connectivity index (χ4n) is 17.5. The molecule has 0 spiro atoms. The van der Waals surface area contributed by atoms with Crippen molar-refractivity contribution in [1.29, 1.82) is 0 Å². The van der Waals surface area contributed by atoms with E-state index in [0.29, 0.717) is 123 Å². The van der Waals surface area contributed by atoms with Crippen molar-refractivity contribution < 1.29 is 74.9 Å². The van der Waals surface area contributed by atoms with Gasteiger partial charge in [0.05, 0.1) is 43.9 Å². The quantitative estimate of drug-likeness (QED) is 0.0224. The highest BCUT2D eigenvalue weighted by Crippen LogP contribution is 2.42. The molecular weight excluding hydrogens is 1770 g/mol. The molecule has 0 bridgehead atoms. The maximum atomic E-state index is 14.5. The molecule has 12 aromatic rings. The fraction of sp³-hybridized carbons (Fsp3) is 0.320. The van der Waals surface area contributed by atoms with Gasteiger partial charge in [-0.25, -0.2) is 40.7 Å². The molecule has 137 heavy (non-hydrogen) atoms. The van der Waals surface area contributed by atoms with Crippen LogP contribution in [0.15, 0.2) is 170 Å². The normalized spacial score (nSPS) is 15.7. The molecule has 0 radical (unpaired) electrons. The molecule has 8 aromatic carbocycles. The highest BCUT2D eigenvalue weighted by atomic mass is 19.3. The van der Waals surface area contributed by atoms with Gasteiger partial charge >= 0.3 is 0 Å². The minimum absolute atomic E-state index is 0.00786. The van der Waals surface area contributed by atoms with Crippen LogP contribution in [0.1, 0.15) is 228 Å². The number of alkyl halides is 2. The number of carbonyl (C=O) groups is 8. The van der Waals surface area contributed by atoms with E-state index in [4.69, 9.17) is 55.3 Å². The number of carbonyl (C=O) groups excluding carboxylic acids is 8. The second kappa shape index (κ2) is 44.0. The minimum atomic E-state index is -3.10. The summed E-state index contributed by atoms with van der Waals surface area (Å²) in [5.74, 6) is -7.74. The highest BCUT2D eigenvalue weighted by Gasteiger charge is 2.45. The third-order valence-corrected chi connectivity index (χ3v) is 25.2. The average molecular weight is 1880 g/mol. The average Bonchev–Trinajstić information content (AvgIpc) is 1.63. The second-order valence-electron chi connectivity index (χ2n) is 34.5. The highest BCUT2D eigenvalue weighted by molar-refractivity contribution is 6.06. The number of aromatic nitrogens is 8. The minimum Gasteiger partial charge on any atom is -0.394 e. The molecule has 4 aromatic heterocycles. The van der Waals surface area contributed by atoms with Crippen molar-refractivity contribution in [2.24, 2.45) is 28.9 Å². The van der Waals surface area contributed by atoms with E-state index in [1.807, 2.05) is 93.6 Å². The van der Waals surface area contributed by atoms with Gasteiger partial charge in [0.15, 0.2) is 0 Å². The first-order valence-electron chi connectivity index (χ1n) is 44.9. The maximum Gasteiger partial charge on any atom is 0.282 e. The number of primary amides is 4. The third-order valence-electron chi connectivity index (χ3n) is 25.2. The zero-order chi connectivity index (χ0) is 98.4. The first-order chi connectivity index (χ1) is 65.5. The Bertz CT molecular complexity index is 6460. The lowest BCUT2D eigenvalue weighted by atomic mass is 9.93. The number of anilines is 4. The third kappa shape index (κ3) is 23.2. The predicted octanol–water partition coefficient (Wildman–Crippen LogP) is 12.8. The molecule has 4 atom stereocenters. The molecule has 7 heterocycles. The van der Waals surface area contributed by atoms with Crippen LogP contribution in [-0.2, 0) is 29.1 Å². The van der Waals surface area contributed by atoms with E-state index >= 15 is 0 Å².